The number of phenols is 1. The van der Waals surface area contributed by atoms with E-state index >= 15 is 0 Å². The normalized spacial score (nSPS) is 18.5. The number of urea groups is 1. The van der Waals surface area contributed by atoms with Crippen molar-refractivity contribution in [3.63, 3.8) is 0 Å². The van der Waals surface area contributed by atoms with Crippen LogP contribution in [0.25, 0.3) is 0 Å². The molecule has 0 aliphatic carbocycles. The van der Waals surface area contributed by atoms with Crippen LogP contribution in [0.4, 0.5) is 4.79 Å². The topological polar surface area (TPSA) is 146 Å². The summed E-state index contributed by atoms with van der Waals surface area (Å²) in [6.45, 7) is 2.65. The number of carbonyl (C=O) groups is 4. The summed E-state index contributed by atoms with van der Waals surface area (Å²) >= 11 is 0. The summed E-state index contributed by atoms with van der Waals surface area (Å²) < 4.78 is 0. The molecule has 2 fully saturated rings. The Bertz CT molecular complexity index is 1520. The Morgan fingerprint density at radius 3 is 2.36 bits per heavy atom. The van der Waals surface area contributed by atoms with E-state index in [2.05, 4.69) is 10.6 Å². The fourth-order valence-corrected chi connectivity index (χ4v) is 5.82. The van der Waals surface area contributed by atoms with Gasteiger partial charge in [-0.05, 0) is 41.0 Å². The maximum absolute atomic E-state index is 14.1. The standard InChI is InChI=1S/C33H38N6O6/c1-2-37-22-30(42)38-28(18-23-11-13-27(41)14-12-23)32(44)36(20-25-9-6-10-26(17-25)31(43)34-15-16-40)21-29(38)39(37)33(45)35-19-24-7-4-3-5-8-24/h3-14,17,28-29,40-41H,2,15-16,18-22H2,1H3,(H,34,43)(H,35,45)/t28-,29-/m0/s1. The lowest BCUT2D eigenvalue weighted by Crippen LogP contribution is -2.76. The van der Waals surface area contributed by atoms with E-state index in [1.165, 1.54) is 17.0 Å². The minimum absolute atomic E-state index is 0.0594. The first kappa shape index (κ1) is 31.5. The van der Waals surface area contributed by atoms with Gasteiger partial charge in [-0.15, -0.1) is 0 Å². The molecule has 2 heterocycles. The molecule has 0 spiro atoms. The fraction of sp³-hybridized carbons (Fsp3) is 0.333. The number of aliphatic hydroxyl groups excluding tert-OH is 1. The molecule has 0 aromatic heterocycles. The molecule has 0 saturated carbocycles. The zero-order chi connectivity index (χ0) is 31.9. The molecule has 3 aromatic rings. The Balaban J connectivity index is 1.46. The van der Waals surface area contributed by atoms with E-state index in [0.717, 1.165) is 11.1 Å². The van der Waals surface area contributed by atoms with Crippen molar-refractivity contribution in [2.75, 3.05) is 32.8 Å². The molecule has 236 valence electrons. The zero-order valence-corrected chi connectivity index (χ0v) is 25.1. The molecule has 3 aromatic carbocycles. The van der Waals surface area contributed by atoms with Gasteiger partial charge in [-0.3, -0.25) is 14.4 Å². The van der Waals surface area contributed by atoms with Gasteiger partial charge in [0, 0.05) is 38.2 Å². The van der Waals surface area contributed by atoms with Crippen LogP contribution in [-0.2, 0) is 29.1 Å². The van der Waals surface area contributed by atoms with Crippen LogP contribution in [-0.4, -0.2) is 98.8 Å². The number of rotatable bonds is 10. The number of aliphatic hydroxyl groups is 1. The highest BCUT2D eigenvalue weighted by Gasteiger charge is 2.51. The number of aromatic hydroxyl groups is 1. The number of amides is 5. The smallest absolute Gasteiger partial charge is 0.334 e. The van der Waals surface area contributed by atoms with Crippen molar-refractivity contribution in [2.24, 2.45) is 0 Å². The molecule has 0 unspecified atom stereocenters. The Morgan fingerprint density at radius 1 is 0.911 bits per heavy atom. The van der Waals surface area contributed by atoms with E-state index in [-0.39, 0.29) is 68.7 Å². The lowest BCUT2D eigenvalue weighted by Gasteiger charge is -2.55. The summed E-state index contributed by atoms with van der Waals surface area (Å²) in [5, 5.41) is 27.7. The minimum Gasteiger partial charge on any atom is -0.508 e. The largest absolute Gasteiger partial charge is 0.508 e. The van der Waals surface area contributed by atoms with Gasteiger partial charge < -0.3 is 30.6 Å². The molecule has 5 amide bonds. The van der Waals surface area contributed by atoms with E-state index in [1.807, 2.05) is 43.3 Å². The number of phenolic OH excluding ortho intramolecular Hbond substituents is 1. The highest BCUT2D eigenvalue weighted by atomic mass is 16.3. The monoisotopic (exact) mass is 614 g/mol. The first-order chi connectivity index (χ1) is 21.8. The molecule has 5 rings (SSSR count). The Morgan fingerprint density at radius 2 is 1.64 bits per heavy atom. The van der Waals surface area contributed by atoms with E-state index < -0.39 is 12.2 Å². The van der Waals surface area contributed by atoms with E-state index in [0.29, 0.717) is 24.2 Å². The van der Waals surface area contributed by atoms with Crippen LogP contribution < -0.4 is 10.6 Å². The summed E-state index contributed by atoms with van der Waals surface area (Å²) in [6.07, 6.45) is -0.592. The molecule has 12 nitrogen and oxygen atoms in total. The highest BCUT2D eigenvalue weighted by molar-refractivity contribution is 5.94. The Hall–Kier alpha value is -4.94. The van der Waals surface area contributed by atoms with Gasteiger partial charge in [0.15, 0.2) is 0 Å². The predicted molar refractivity (Wildman–Crippen MR) is 165 cm³/mol. The number of nitrogens with one attached hydrogen (secondary N) is 2. The maximum atomic E-state index is 14.1. The lowest BCUT2D eigenvalue weighted by molar-refractivity contribution is -0.190. The molecule has 12 heteroatoms. The van der Waals surface area contributed by atoms with Crippen LogP contribution in [0.5, 0.6) is 5.75 Å². The average Bonchev–Trinajstić information content (AvgIpc) is 3.05. The molecule has 45 heavy (non-hydrogen) atoms. The van der Waals surface area contributed by atoms with Gasteiger partial charge >= 0.3 is 6.03 Å². The average molecular weight is 615 g/mol. The molecule has 4 N–H and O–H groups in total. The van der Waals surface area contributed by atoms with E-state index in [9.17, 15) is 24.3 Å². The number of hydrogen-bond donors (Lipinski definition) is 4. The fourth-order valence-electron chi connectivity index (χ4n) is 5.82. The van der Waals surface area contributed by atoms with Gasteiger partial charge in [0.05, 0.1) is 19.7 Å². The number of benzene rings is 3. The van der Waals surface area contributed by atoms with Crippen molar-refractivity contribution in [2.45, 2.75) is 38.6 Å². The molecule has 2 aliphatic heterocycles. The van der Waals surface area contributed by atoms with Gasteiger partial charge in [0.1, 0.15) is 18.0 Å². The van der Waals surface area contributed by atoms with Gasteiger partial charge in [0.25, 0.3) is 5.91 Å². The third-order valence-corrected chi connectivity index (χ3v) is 8.02. The minimum atomic E-state index is -0.903. The third-order valence-electron chi connectivity index (χ3n) is 8.02. The van der Waals surface area contributed by atoms with E-state index in [4.69, 9.17) is 5.11 Å². The Labute approximate surface area is 261 Å². The van der Waals surface area contributed by atoms with Crippen LogP contribution in [0.15, 0.2) is 78.9 Å². The summed E-state index contributed by atoms with van der Waals surface area (Å²) in [5.41, 5.74) is 2.76. The third kappa shape index (κ3) is 7.24. The highest BCUT2D eigenvalue weighted by Crippen LogP contribution is 2.29. The molecule has 2 saturated heterocycles. The first-order valence-corrected chi connectivity index (χ1v) is 15.0. The van der Waals surface area contributed by atoms with Crippen molar-refractivity contribution in [3.05, 3.63) is 101 Å². The lowest BCUT2D eigenvalue weighted by atomic mass is 9.98. The SMILES string of the molecule is CCN1CC(=O)N2[C@@H](Cc3ccc(O)cc3)C(=O)N(Cc3cccc(C(=O)NCCO)c3)C[C@@H]2N1C(=O)NCc1ccccc1. The van der Waals surface area contributed by atoms with Crippen molar-refractivity contribution in [1.82, 2.24) is 30.5 Å². The number of likely N-dealkylation sites (N-methyl/N-ethyl adjacent to an activating group) is 1. The van der Waals surface area contributed by atoms with Gasteiger partial charge in [-0.25, -0.2) is 14.8 Å². The quantitative estimate of drug-likeness (QED) is 0.272. The second kappa shape index (κ2) is 14.2. The van der Waals surface area contributed by atoms with Crippen LogP contribution >= 0.6 is 0 Å². The number of piperazine rings is 1. The van der Waals surface area contributed by atoms with Crippen molar-refractivity contribution >= 4 is 23.8 Å². The molecule has 2 atom stereocenters. The van der Waals surface area contributed by atoms with Crippen molar-refractivity contribution < 1.29 is 29.4 Å². The molecular formula is C33H38N6O6. The van der Waals surface area contributed by atoms with E-state index in [1.54, 1.807) is 45.2 Å². The summed E-state index contributed by atoms with van der Waals surface area (Å²) in [5.74, 6) is -0.791. The van der Waals surface area contributed by atoms with Crippen molar-refractivity contribution in [3.8, 4) is 5.75 Å². The summed E-state index contributed by atoms with van der Waals surface area (Å²) in [4.78, 5) is 57.3. The van der Waals surface area contributed by atoms with Crippen molar-refractivity contribution in [1.29, 1.82) is 0 Å². The molecular weight excluding hydrogens is 576 g/mol. The molecule has 0 bridgehead atoms. The summed E-state index contributed by atoms with van der Waals surface area (Å²) in [7, 11) is 0. The number of hydrogen-bond acceptors (Lipinski definition) is 7. The summed E-state index contributed by atoms with van der Waals surface area (Å²) in [6, 6.07) is 21.6. The van der Waals surface area contributed by atoms with Crippen LogP contribution in [0.3, 0.4) is 0 Å². The number of hydrazine groups is 1. The number of fused-ring (bicyclic) bond motifs is 1. The maximum Gasteiger partial charge on any atom is 0.334 e. The number of carbonyl (C=O) groups excluding carboxylic acids is 4. The van der Waals surface area contributed by atoms with Gasteiger partial charge in [-0.2, -0.15) is 0 Å². The number of nitrogens with zero attached hydrogens (tertiary/aromatic N) is 4. The van der Waals surface area contributed by atoms with Gasteiger partial charge in [-0.1, -0.05) is 61.5 Å². The zero-order valence-electron chi connectivity index (χ0n) is 25.1. The Kier molecular flexibility index (Phi) is 9.95. The van der Waals surface area contributed by atoms with Crippen LogP contribution in [0.2, 0.25) is 0 Å². The van der Waals surface area contributed by atoms with Crippen LogP contribution in [0.1, 0.15) is 34.0 Å². The molecule has 2 aliphatic rings. The predicted octanol–water partition coefficient (Wildman–Crippen LogP) is 1.68. The second-order valence-corrected chi connectivity index (χ2v) is 11.0. The second-order valence-electron chi connectivity index (χ2n) is 11.0. The van der Waals surface area contributed by atoms with Crippen LogP contribution in [0, 0.1) is 0 Å². The first-order valence-electron chi connectivity index (χ1n) is 15.0. The molecule has 0 radical (unpaired) electrons. The van der Waals surface area contributed by atoms with Gasteiger partial charge in [0.2, 0.25) is 11.8 Å².